The van der Waals surface area contributed by atoms with Gasteiger partial charge in [-0.25, -0.2) is 9.36 Å². The first kappa shape index (κ1) is 19.9. The highest BCUT2D eigenvalue weighted by molar-refractivity contribution is 9.10. The summed E-state index contributed by atoms with van der Waals surface area (Å²) in [5.74, 6) is 0.589. The maximum Gasteiger partial charge on any atom is 0.274 e. The van der Waals surface area contributed by atoms with Crippen molar-refractivity contribution in [3.8, 4) is 11.4 Å². The van der Waals surface area contributed by atoms with Crippen molar-refractivity contribution in [2.45, 2.75) is 13.3 Å². The van der Waals surface area contributed by atoms with E-state index < -0.39 is 0 Å². The molecule has 4 rings (SSSR count). The van der Waals surface area contributed by atoms with E-state index in [1.807, 2.05) is 60.8 Å². The van der Waals surface area contributed by atoms with Crippen molar-refractivity contribution in [2.24, 2.45) is 0 Å². The lowest BCUT2D eigenvalue weighted by atomic mass is 10.2. The van der Waals surface area contributed by atoms with Crippen LogP contribution in [-0.2, 0) is 13.3 Å². The van der Waals surface area contributed by atoms with Gasteiger partial charge >= 0.3 is 0 Å². The van der Waals surface area contributed by atoms with Gasteiger partial charge in [0, 0.05) is 36.7 Å². The van der Waals surface area contributed by atoms with E-state index in [2.05, 4.69) is 26.1 Å². The van der Waals surface area contributed by atoms with Gasteiger partial charge in [0.1, 0.15) is 5.75 Å². The molecule has 8 heteroatoms. The Hall–Kier alpha value is -3.39. The summed E-state index contributed by atoms with van der Waals surface area (Å²) in [5, 5.41) is 8.55. The fourth-order valence-corrected chi connectivity index (χ4v) is 3.20. The molecule has 0 radical (unpaired) electrons. The lowest BCUT2D eigenvalue weighted by Gasteiger charge is -2.16. The van der Waals surface area contributed by atoms with Crippen LogP contribution in [0.15, 0.2) is 83.7 Å². The lowest BCUT2D eigenvalue weighted by Crippen LogP contribution is -2.26. The Morgan fingerprint density at radius 1 is 1.07 bits per heavy atom. The Morgan fingerprint density at radius 2 is 1.83 bits per heavy atom. The van der Waals surface area contributed by atoms with Gasteiger partial charge in [-0.15, -0.1) is 0 Å². The van der Waals surface area contributed by atoms with Crippen molar-refractivity contribution in [1.29, 1.82) is 0 Å². The Balaban J connectivity index is 1.34. The summed E-state index contributed by atoms with van der Waals surface area (Å²) in [6, 6.07) is 19.1. The van der Waals surface area contributed by atoms with E-state index in [1.165, 1.54) is 0 Å². The molecule has 0 bridgehead atoms. The molecule has 2 heterocycles. The molecule has 0 aliphatic rings. The number of aromatic nitrogens is 4. The summed E-state index contributed by atoms with van der Waals surface area (Å²) in [6.45, 7) is 0.716. The SMILES string of the molecule is CN(Cc1ccc(-n2cccn2)cc1)C(=O)c1ccn(COc2ccc(Br)cc2)n1. The monoisotopic (exact) mass is 465 g/mol. The normalized spacial score (nSPS) is 10.7. The molecular formula is C22H20BrN5O2. The maximum atomic E-state index is 12.7. The zero-order valence-corrected chi connectivity index (χ0v) is 17.9. The van der Waals surface area contributed by atoms with Gasteiger partial charge in [-0.1, -0.05) is 28.1 Å². The van der Waals surface area contributed by atoms with Crippen LogP contribution < -0.4 is 4.74 Å². The van der Waals surface area contributed by atoms with Crippen molar-refractivity contribution in [1.82, 2.24) is 24.5 Å². The summed E-state index contributed by atoms with van der Waals surface area (Å²) < 4.78 is 10.1. The first-order valence-electron chi connectivity index (χ1n) is 9.35. The highest BCUT2D eigenvalue weighted by atomic mass is 79.9. The Labute approximate surface area is 182 Å². The molecule has 0 aliphatic heterocycles. The molecule has 4 aromatic rings. The number of carbonyl (C=O) groups excluding carboxylic acids is 1. The molecule has 152 valence electrons. The van der Waals surface area contributed by atoms with Crippen LogP contribution in [0.1, 0.15) is 16.1 Å². The number of ether oxygens (including phenoxy) is 1. The van der Waals surface area contributed by atoms with E-state index >= 15 is 0 Å². The lowest BCUT2D eigenvalue weighted by molar-refractivity contribution is 0.0777. The van der Waals surface area contributed by atoms with Crippen molar-refractivity contribution >= 4 is 21.8 Å². The van der Waals surface area contributed by atoms with Gasteiger partial charge in [-0.05, 0) is 54.1 Å². The van der Waals surface area contributed by atoms with Gasteiger partial charge in [0.25, 0.3) is 5.91 Å². The summed E-state index contributed by atoms with van der Waals surface area (Å²) in [6.07, 6.45) is 5.36. The average molecular weight is 466 g/mol. The predicted octanol–water partition coefficient (Wildman–Crippen LogP) is 4.14. The third-order valence-electron chi connectivity index (χ3n) is 4.51. The van der Waals surface area contributed by atoms with Crippen LogP contribution >= 0.6 is 15.9 Å². The number of halogens is 1. The van der Waals surface area contributed by atoms with Crippen molar-refractivity contribution < 1.29 is 9.53 Å². The molecule has 0 spiro atoms. The first-order valence-corrected chi connectivity index (χ1v) is 10.1. The summed E-state index contributed by atoms with van der Waals surface area (Å²) in [7, 11) is 1.76. The molecule has 1 amide bonds. The van der Waals surface area contributed by atoms with E-state index in [1.54, 1.807) is 39.8 Å². The number of hydrogen-bond acceptors (Lipinski definition) is 4. The first-order chi connectivity index (χ1) is 14.6. The van der Waals surface area contributed by atoms with E-state index in [0.717, 1.165) is 21.5 Å². The van der Waals surface area contributed by atoms with Gasteiger partial charge in [0.05, 0.1) is 5.69 Å². The topological polar surface area (TPSA) is 65.2 Å². The van der Waals surface area contributed by atoms with Crippen molar-refractivity contribution in [2.75, 3.05) is 7.05 Å². The second kappa shape index (κ2) is 8.96. The Kier molecular flexibility index (Phi) is 5.94. The molecular weight excluding hydrogens is 446 g/mol. The van der Waals surface area contributed by atoms with Gasteiger partial charge < -0.3 is 9.64 Å². The zero-order valence-electron chi connectivity index (χ0n) is 16.4. The zero-order chi connectivity index (χ0) is 20.9. The standard InChI is InChI=1S/C22H20BrN5O2/c1-26(15-17-3-7-19(8-4-17)28-13-2-12-24-28)22(29)21-11-14-27(25-21)16-30-20-9-5-18(23)6-10-20/h2-14H,15-16H2,1H3. The van der Waals surface area contributed by atoms with E-state index in [-0.39, 0.29) is 12.6 Å². The molecule has 0 saturated carbocycles. The molecule has 30 heavy (non-hydrogen) atoms. The van der Waals surface area contributed by atoms with Crippen LogP contribution in [0.4, 0.5) is 0 Å². The van der Waals surface area contributed by atoms with E-state index in [9.17, 15) is 4.79 Å². The third-order valence-corrected chi connectivity index (χ3v) is 5.04. The number of rotatable bonds is 7. The molecule has 7 nitrogen and oxygen atoms in total. The smallest absolute Gasteiger partial charge is 0.274 e. The fourth-order valence-electron chi connectivity index (χ4n) is 2.94. The van der Waals surface area contributed by atoms with E-state index in [0.29, 0.717) is 12.2 Å². The molecule has 2 aromatic carbocycles. The minimum atomic E-state index is -0.145. The number of nitrogens with zero attached hydrogens (tertiary/aromatic N) is 5. The summed E-state index contributed by atoms with van der Waals surface area (Å²) in [4.78, 5) is 14.4. The van der Waals surface area contributed by atoms with Crippen molar-refractivity contribution in [3.05, 3.63) is 95.0 Å². The van der Waals surface area contributed by atoms with Crippen LogP contribution in [0.2, 0.25) is 0 Å². The largest absolute Gasteiger partial charge is 0.471 e. The fraction of sp³-hybridized carbons (Fsp3) is 0.136. The molecule has 0 aliphatic carbocycles. The number of benzene rings is 2. The second-order valence-corrected chi connectivity index (χ2v) is 7.66. The molecule has 0 unspecified atom stereocenters. The van der Waals surface area contributed by atoms with Crippen LogP contribution in [0, 0.1) is 0 Å². The predicted molar refractivity (Wildman–Crippen MR) is 116 cm³/mol. The summed E-state index contributed by atoms with van der Waals surface area (Å²) in [5.41, 5.74) is 2.38. The molecule has 0 saturated heterocycles. The highest BCUT2D eigenvalue weighted by Crippen LogP contribution is 2.16. The van der Waals surface area contributed by atoms with Crippen LogP contribution in [-0.4, -0.2) is 37.4 Å². The number of hydrogen-bond donors (Lipinski definition) is 0. The molecule has 0 atom stereocenters. The number of carbonyl (C=O) groups is 1. The molecule has 2 aromatic heterocycles. The van der Waals surface area contributed by atoms with E-state index in [4.69, 9.17) is 4.74 Å². The molecule has 0 fully saturated rings. The van der Waals surface area contributed by atoms with Crippen LogP contribution in [0.5, 0.6) is 5.75 Å². The quantitative estimate of drug-likeness (QED) is 0.411. The Morgan fingerprint density at radius 3 is 2.53 bits per heavy atom. The molecule has 0 N–H and O–H groups in total. The second-order valence-electron chi connectivity index (χ2n) is 6.75. The Bertz CT molecular complexity index is 1110. The van der Waals surface area contributed by atoms with Gasteiger partial charge in [0.2, 0.25) is 0 Å². The van der Waals surface area contributed by atoms with Crippen LogP contribution in [0.25, 0.3) is 5.69 Å². The summed E-state index contributed by atoms with van der Waals surface area (Å²) >= 11 is 3.39. The minimum absolute atomic E-state index is 0.145. The van der Waals surface area contributed by atoms with Crippen molar-refractivity contribution in [3.63, 3.8) is 0 Å². The average Bonchev–Trinajstić information content (AvgIpc) is 3.46. The maximum absolute atomic E-state index is 12.7. The number of amides is 1. The third kappa shape index (κ3) is 4.77. The minimum Gasteiger partial charge on any atom is -0.471 e. The highest BCUT2D eigenvalue weighted by Gasteiger charge is 2.15. The van der Waals surface area contributed by atoms with Gasteiger partial charge in [0.15, 0.2) is 12.4 Å². The van der Waals surface area contributed by atoms with Crippen LogP contribution in [0.3, 0.4) is 0 Å². The van der Waals surface area contributed by atoms with Gasteiger partial charge in [-0.2, -0.15) is 10.2 Å². The van der Waals surface area contributed by atoms with Gasteiger partial charge in [-0.3, -0.25) is 4.79 Å².